The van der Waals surface area contributed by atoms with E-state index >= 15 is 0 Å². The molecule has 228 valence electrons. The first-order valence-corrected chi connectivity index (χ1v) is 15.9. The van der Waals surface area contributed by atoms with E-state index in [1.807, 2.05) is 0 Å². The van der Waals surface area contributed by atoms with E-state index < -0.39 is 40.5 Å². The minimum Gasteiger partial charge on any atom is -0.477 e. The summed E-state index contributed by atoms with van der Waals surface area (Å²) in [5.41, 5.74) is 0. The van der Waals surface area contributed by atoms with E-state index in [0.29, 0.717) is 6.42 Å². The van der Waals surface area contributed by atoms with E-state index in [1.54, 1.807) is 20.8 Å². The molecule has 0 aromatic carbocycles. The predicted molar refractivity (Wildman–Crippen MR) is 159 cm³/mol. The van der Waals surface area contributed by atoms with Crippen molar-refractivity contribution in [3.05, 3.63) is 12.2 Å². The molecule has 0 heterocycles. The SMILES string of the molecule is CCCCCCCC/C=C/CCCCCCCCCC[N+](C(CC)C(=O)O)(C(CC)C(=O)O)C(CC)C(=O)O. The van der Waals surface area contributed by atoms with Crippen LogP contribution in [-0.2, 0) is 14.4 Å². The van der Waals surface area contributed by atoms with Gasteiger partial charge in [0.15, 0.2) is 18.1 Å². The fraction of sp³-hybridized carbons (Fsp3) is 0.844. The topological polar surface area (TPSA) is 112 Å². The summed E-state index contributed by atoms with van der Waals surface area (Å²) in [5, 5.41) is 30.0. The summed E-state index contributed by atoms with van der Waals surface area (Å²) in [5.74, 6) is -3.35. The lowest BCUT2D eigenvalue weighted by atomic mass is 9.93. The van der Waals surface area contributed by atoms with Crippen LogP contribution in [0.2, 0.25) is 0 Å². The molecule has 0 aromatic heterocycles. The molecule has 0 radical (unpaired) electrons. The van der Waals surface area contributed by atoms with E-state index in [4.69, 9.17) is 0 Å². The van der Waals surface area contributed by atoms with E-state index in [2.05, 4.69) is 19.1 Å². The molecule has 0 saturated heterocycles. The van der Waals surface area contributed by atoms with Gasteiger partial charge in [0.1, 0.15) is 0 Å². The van der Waals surface area contributed by atoms with Crippen LogP contribution >= 0.6 is 0 Å². The van der Waals surface area contributed by atoms with Crippen molar-refractivity contribution in [1.29, 1.82) is 0 Å². The molecule has 7 nitrogen and oxygen atoms in total. The number of carboxylic acids is 3. The van der Waals surface area contributed by atoms with Crippen LogP contribution in [0.25, 0.3) is 0 Å². The van der Waals surface area contributed by atoms with Crippen LogP contribution in [0, 0.1) is 0 Å². The van der Waals surface area contributed by atoms with Gasteiger partial charge in [0, 0.05) is 19.3 Å². The lowest BCUT2D eigenvalue weighted by Gasteiger charge is -2.49. The van der Waals surface area contributed by atoms with Crippen LogP contribution in [-0.4, -0.2) is 62.4 Å². The van der Waals surface area contributed by atoms with Crippen molar-refractivity contribution >= 4 is 17.9 Å². The smallest absolute Gasteiger partial charge is 0.362 e. The molecule has 3 N–H and O–H groups in total. The van der Waals surface area contributed by atoms with Crippen LogP contribution < -0.4 is 0 Å². The highest BCUT2D eigenvalue weighted by molar-refractivity contribution is 5.78. The zero-order chi connectivity index (χ0) is 29.5. The second-order valence-electron chi connectivity index (χ2n) is 11.2. The molecule has 0 aromatic rings. The van der Waals surface area contributed by atoms with E-state index in [-0.39, 0.29) is 25.8 Å². The zero-order valence-corrected chi connectivity index (χ0v) is 25.5. The van der Waals surface area contributed by atoms with Crippen molar-refractivity contribution in [2.75, 3.05) is 6.54 Å². The first-order chi connectivity index (χ1) is 18.7. The summed E-state index contributed by atoms with van der Waals surface area (Å²) in [6.07, 6.45) is 24.0. The maximum Gasteiger partial charge on any atom is 0.362 e. The highest BCUT2D eigenvalue weighted by Gasteiger charge is 2.55. The molecule has 3 unspecified atom stereocenters. The Kier molecular flexibility index (Phi) is 21.8. The number of hydrogen-bond acceptors (Lipinski definition) is 3. The first-order valence-electron chi connectivity index (χ1n) is 15.9. The number of carbonyl (C=O) groups is 3. The Bertz CT molecular complexity index is 637. The highest BCUT2D eigenvalue weighted by Crippen LogP contribution is 2.32. The van der Waals surface area contributed by atoms with Gasteiger partial charge in [0.2, 0.25) is 0 Å². The quantitative estimate of drug-likeness (QED) is 0.0536. The number of hydrogen-bond donors (Lipinski definition) is 3. The predicted octanol–water partition coefficient (Wildman–Crippen LogP) is 8.21. The van der Waals surface area contributed by atoms with Crippen LogP contribution in [0.15, 0.2) is 12.2 Å². The summed E-state index contributed by atoms with van der Waals surface area (Å²) >= 11 is 0. The Labute approximate surface area is 238 Å². The number of rotatable bonds is 27. The van der Waals surface area contributed by atoms with Gasteiger partial charge in [-0.2, -0.15) is 0 Å². The number of allylic oxidation sites excluding steroid dienone is 2. The highest BCUT2D eigenvalue weighted by atomic mass is 16.4. The minimum atomic E-state index is -1.12. The van der Waals surface area contributed by atoms with Crippen molar-refractivity contribution in [2.45, 2.75) is 168 Å². The van der Waals surface area contributed by atoms with E-state index in [1.165, 1.54) is 64.2 Å². The van der Waals surface area contributed by atoms with Gasteiger partial charge in [-0.15, -0.1) is 0 Å². The Morgan fingerprint density at radius 3 is 1.13 bits per heavy atom. The molecular weight excluding hydrogens is 494 g/mol. The first kappa shape index (κ1) is 37.1. The zero-order valence-electron chi connectivity index (χ0n) is 25.5. The lowest BCUT2D eigenvalue weighted by Crippen LogP contribution is -2.72. The maximum atomic E-state index is 12.2. The van der Waals surface area contributed by atoms with Gasteiger partial charge in [0.25, 0.3) is 0 Å². The summed E-state index contributed by atoms with van der Waals surface area (Å²) in [7, 11) is 0. The second-order valence-corrected chi connectivity index (χ2v) is 11.2. The fourth-order valence-electron chi connectivity index (χ4n) is 6.27. The molecule has 0 aliphatic heterocycles. The van der Waals surface area contributed by atoms with Crippen molar-refractivity contribution in [3.63, 3.8) is 0 Å². The molecule has 7 heteroatoms. The van der Waals surface area contributed by atoms with Gasteiger partial charge in [0.05, 0.1) is 6.54 Å². The summed E-state index contributed by atoms with van der Waals surface area (Å²) in [6, 6.07) is -3.19. The summed E-state index contributed by atoms with van der Waals surface area (Å²) in [4.78, 5) is 36.7. The molecular formula is C32H60NO6+. The van der Waals surface area contributed by atoms with Gasteiger partial charge < -0.3 is 15.3 Å². The van der Waals surface area contributed by atoms with Crippen LogP contribution in [0.3, 0.4) is 0 Å². The monoisotopic (exact) mass is 554 g/mol. The largest absolute Gasteiger partial charge is 0.477 e. The fourth-order valence-corrected chi connectivity index (χ4v) is 6.27. The van der Waals surface area contributed by atoms with Crippen LogP contribution in [0.1, 0.15) is 150 Å². The maximum absolute atomic E-state index is 12.2. The molecule has 3 atom stereocenters. The standard InChI is InChI=1S/C32H59NO6/c1-5-9-10-11-12-13-14-15-16-17-18-19-20-21-22-23-24-25-26-33(27(6-2)30(34)35,28(7-3)31(36)37)29(8-4)32(38)39/h15-16,27-29H,5-14,17-26H2,1-4H3,(H2-,34,35,36,37,38,39)/p+1/b16-15+. The average molecular weight is 555 g/mol. The van der Waals surface area contributed by atoms with E-state index in [0.717, 1.165) is 32.1 Å². The van der Waals surface area contributed by atoms with Crippen molar-refractivity contribution < 1.29 is 34.2 Å². The number of unbranched alkanes of at least 4 members (excludes halogenated alkanes) is 14. The van der Waals surface area contributed by atoms with Gasteiger partial charge in [-0.1, -0.05) is 104 Å². The molecule has 39 heavy (non-hydrogen) atoms. The van der Waals surface area contributed by atoms with E-state index in [9.17, 15) is 29.7 Å². The third kappa shape index (κ3) is 13.8. The molecule has 0 aliphatic carbocycles. The van der Waals surface area contributed by atoms with Crippen LogP contribution in [0.4, 0.5) is 0 Å². The summed E-state index contributed by atoms with van der Waals surface area (Å²) in [6.45, 7) is 7.63. The Hall–Kier alpha value is -1.89. The Morgan fingerprint density at radius 1 is 0.513 bits per heavy atom. The Morgan fingerprint density at radius 2 is 0.821 bits per heavy atom. The minimum absolute atomic E-state index is 0.192. The summed E-state index contributed by atoms with van der Waals surface area (Å²) < 4.78 is -0.407. The van der Waals surface area contributed by atoms with Gasteiger partial charge in [-0.05, 0) is 38.5 Å². The molecule has 0 rings (SSSR count). The molecule has 0 amide bonds. The molecule has 0 fully saturated rings. The average Bonchev–Trinajstić information content (AvgIpc) is 2.88. The van der Waals surface area contributed by atoms with Crippen molar-refractivity contribution in [1.82, 2.24) is 0 Å². The molecule has 0 spiro atoms. The number of aliphatic carboxylic acids is 3. The second kappa shape index (κ2) is 22.9. The van der Waals surface area contributed by atoms with Gasteiger partial charge in [-0.25, -0.2) is 14.4 Å². The van der Waals surface area contributed by atoms with Crippen molar-refractivity contribution in [2.24, 2.45) is 0 Å². The number of carboxylic acid groups (broad SMARTS) is 3. The molecule has 0 bridgehead atoms. The van der Waals surface area contributed by atoms with Gasteiger partial charge in [-0.3, -0.25) is 4.48 Å². The molecule has 0 saturated carbocycles. The van der Waals surface area contributed by atoms with Crippen molar-refractivity contribution in [3.8, 4) is 0 Å². The number of quaternary nitrogens is 1. The number of nitrogens with zero attached hydrogens (tertiary/aromatic N) is 1. The lowest BCUT2D eigenvalue weighted by molar-refractivity contribution is -0.973. The van der Waals surface area contributed by atoms with Gasteiger partial charge >= 0.3 is 17.9 Å². The third-order valence-corrected chi connectivity index (χ3v) is 8.31. The third-order valence-electron chi connectivity index (χ3n) is 8.31. The van der Waals surface area contributed by atoms with Crippen LogP contribution in [0.5, 0.6) is 0 Å². The molecule has 0 aliphatic rings. The normalized spacial score (nSPS) is 15.6. The Balaban J connectivity index is 4.60.